The molecule has 8 nitrogen and oxygen atoms in total. The number of benzene rings is 2. The Kier molecular flexibility index (Phi) is 4.78. The smallest absolute Gasteiger partial charge is 0.288 e. The van der Waals surface area contributed by atoms with E-state index in [1.54, 1.807) is 0 Å². The first-order valence-corrected chi connectivity index (χ1v) is 9.89. The number of halogens is 2. The van der Waals surface area contributed by atoms with Gasteiger partial charge in [0.2, 0.25) is 5.84 Å². The largest absolute Gasteiger partial charge is 0.488 e. The monoisotopic (exact) mass is 427 g/mol. The lowest BCUT2D eigenvalue weighted by Crippen LogP contribution is -2.52. The van der Waals surface area contributed by atoms with E-state index in [9.17, 15) is 18.4 Å². The van der Waals surface area contributed by atoms with E-state index in [0.717, 1.165) is 24.6 Å². The lowest BCUT2D eigenvalue weighted by Gasteiger charge is -2.18. The lowest BCUT2D eigenvalue weighted by molar-refractivity contribution is -0.123. The Bertz CT molecular complexity index is 1080. The molecule has 3 N–H and O–H groups in total. The molecule has 10 heteroatoms. The van der Waals surface area contributed by atoms with Crippen molar-refractivity contribution in [1.29, 1.82) is 0 Å². The maximum absolute atomic E-state index is 14.0. The molecule has 1 fully saturated rings. The van der Waals surface area contributed by atoms with Gasteiger partial charge in [0.1, 0.15) is 36.1 Å². The number of hydrazine groups is 1. The highest BCUT2D eigenvalue weighted by molar-refractivity contribution is 6.38. The maximum Gasteiger partial charge on any atom is 0.288 e. The fraction of sp³-hybridized carbons (Fsp3) is 0.286. The van der Waals surface area contributed by atoms with E-state index in [1.807, 2.05) is 35.3 Å². The number of ether oxygens (including phenoxy) is 1. The van der Waals surface area contributed by atoms with Crippen LogP contribution in [0.25, 0.3) is 0 Å². The molecule has 1 unspecified atom stereocenters. The van der Waals surface area contributed by atoms with Crippen molar-refractivity contribution in [3.63, 3.8) is 0 Å². The van der Waals surface area contributed by atoms with Gasteiger partial charge in [0, 0.05) is 24.6 Å². The van der Waals surface area contributed by atoms with Crippen molar-refractivity contribution in [2.75, 3.05) is 18.5 Å². The van der Waals surface area contributed by atoms with Crippen LogP contribution in [0.3, 0.4) is 0 Å². The Morgan fingerprint density at radius 3 is 2.84 bits per heavy atom. The van der Waals surface area contributed by atoms with Crippen LogP contribution in [0.2, 0.25) is 0 Å². The number of anilines is 1. The van der Waals surface area contributed by atoms with E-state index in [1.165, 1.54) is 0 Å². The minimum atomic E-state index is -1.10. The Morgan fingerprint density at radius 1 is 1.23 bits per heavy atom. The fourth-order valence-electron chi connectivity index (χ4n) is 4.08. The van der Waals surface area contributed by atoms with Gasteiger partial charge in [-0.2, -0.15) is 5.01 Å². The topological polar surface area (TPSA) is 95.1 Å². The molecule has 160 valence electrons. The van der Waals surface area contributed by atoms with Crippen LogP contribution >= 0.6 is 0 Å². The summed E-state index contributed by atoms with van der Waals surface area (Å²) in [5.41, 5.74) is 3.88. The normalized spacial score (nSPS) is 24.8. The van der Waals surface area contributed by atoms with Crippen molar-refractivity contribution in [3.05, 3.63) is 59.7 Å². The summed E-state index contributed by atoms with van der Waals surface area (Å²) < 4.78 is 32.8. The number of nitrogens with one attached hydrogen (secondary N) is 3. The molecule has 5 rings (SSSR count). The van der Waals surface area contributed by atoms with Gasteiger partial charge in [-0.1, -0.05) is 30.3 Å². The molecule has 2 amide bonds. The van der Waals surface area contributed by atoms with Crippen LogP contribution in [0.1, 0.15) is 17.9 Å². The SMILES string of the molecule is O=C(N[C@H]1COc2cc(F)cc(F)c2NC1=O)C1=NC2[C@H](c3ccccc3)CCN2N1. The molecular weight excluding hydrogens is 408 g/mol. The summed E-state index contributed by atoms with van der Waals surface area (Å²) in [4.78, 5) is 29.7. The van der Waals surface area contributed by atoms with E-state index in [-0.39, 0.29) is 36.0 Å². The number of aliphatic imine (C=N–C) groups is 1. The average Bonchev–Trinajstić information content (AvgIpc) is 3.30. The number of hydrogen-bond acceptors (Lipinski definition) is 6. The molecule has 3 atom stereocenters. The van der Waals surface area contributed by atoms with Crippen molar-refractivity contribution in [1.82, 2.24) is 15.8 Å². The van der Waals surface area contributed by atoms with E-state index in [0.29, 0.717) is 6.07 Å². The summed E-state index contributed by atoms with van der Waals surface area (Å²) >= 11 is 0. The van der Waals surface area contributed by atoms with E-state index in [4.69, 9.17) is 4.74 Å². The van der Waals surface area contributed by atoms with Gasteiger partial charge < -0.3 is 15.4 Å². The minimum Gasteiger partial charge on any atom is -0.488 e. The zero-order valence-electron chi connectivity index (χ0n) is 16.3. The molecule has 0 aromatic heterocycles. The molecule has 0 bridgehead atoms. The van der Waals surface area contributed by atoms with Crippen molar-refractivity contribution in [2.24, 2.45) is 4.99 Å². The number of hydrogen-bond donors (Lipinski definition) is 3. The highest BCUT2D eigenvalue weighted by atomic mass is 19.1. The highest BCUT2D eigenvalue weighted by Crippen LogP contribution is 2.35. The number of nitrogens with zero attached hydrogens (tertiary/aromatic N) is 2. The molecule has 0 radical (unpaired) electrons. The minimum absolute atomic E-state index is 0.0948. The average molecular weight is 427 g/mol. The van der Waals surface area contributed by atoms with Gasteiger partial charge in [-0.3, -0.25) is 15.0 Å². The molecular formula is C21H19F2N5O3. The summed E-state index contributed by atoms with van der Waals surface area (Å²) in [6, 6.07) is 10.5. The summed E-state index contributed by atoms with van der Waals surface area (Å²) in [6.45, 7) is 0.443. The number of carbonyl (C=O) groups excluding carboxylic acids is 2. The van der Waals surface area contributed by atoms with E-state index >= 15 is 0 Å². The third-order valence-electron chi connectivity index (χ3n) is 5.61. The van der Waals surface area contributed by atoms with Gasteiger partial charge >= 0.3 is 0 Å². The van der Waals surface area contributed by atoms with Gasteiger partial charge in [0.25, 0.3) is 11.8 Å². The quantitative estimate of drug-likeness (QED) is 0.691. The third-order valence-corrected chi connectivity index (χ3v) is 5.61. The number of fused-ring (bicyclic) bond motifs is 2. The number of carbonyl (C=O) groups is 2. The zero-order valence-corrected chi connectivity index (χ0v) is 16.3. The van der Waals surface area contributed by atoms with Crippen LogP contribution in [-0.2, 0) is 9.59 Å². The number of rotatable bonds is 3. The van der Waals surface area contributed by atoms with Crippen molar-refractivity contribution >= 4 is 23.3 Å². The van der Waals surface area contributed by atoms with Gasteiger partial charge in [-0.05, 0) is 12.0 Å². The Labute approximate surface area is 176 Å². The first-order chi connectivity index (χ1) is 15.0. The predicted octanol–water partition coefficient (Wildman–Crippen LogP) is 1.51. The Morgan fingerprint density at radius 2 is 2.03 bits per heavy atom. The molecule has 2 aromatic rings. The standard InChI is InChI=1S/C21H19F2N5O3/c22-12-8-14(23)17-16(9-12)31-10-15(20(29)25-17)24-21(30)18-26-19-13(6-7-28(19)27-18)11-4-2-1-3-5-11/h1-5,8-9,13,15,19H,6-7,10H2,(H,24,30)(H,25,29)(H,26,27)/t13-,15-,19?/m0/s1. The summed E-state index contributed by atoms with van der Waals surface area (Å²) in [5.74, 6) is -2.92. The molecule has 31 heavy (non-hydrogen) atoms. The second kappa shape index (κ2) is 7.62. The van der Waals surface area contributed by atoms with Crippen LogP contribution in [-0.4, -0.2) is 48.0 Å². The first kappa shape index (κ1) is 19.4. The molecule has 0 aliphatic carbocycles. The van der Waals surface area contributed by atoms with Crippen LogP contribution in [0.5, 0.6) is 5.75 Å². The molecule has 3 aliphatic heterocycles. The van der Waals surface area contributed by atoms with Crippen LogP contribution in [0.4, 0.5) is 14.5 Å². The molecule has 0 spiro atoms. The van der Waals surface area contributed by atoms with Crippen LogP contribution in [0, 0.1) is 11.6 Å². The second-order valence-electron chi connectivity index (χ2n) is 7.59. The van der Waals surface area contributed by atoms with E-state index < -0.39 is 29.5 Å². The molecule has 3 aliphatic rings. The predicted molar refractivity (Wildman–Crippen MR) is 107 cm³/mol. The molecule has 1 saturated heterocycles. The third kappa shape index (κ3) is 3.59. The Balaban J connectivity index is 1.29. The highest BCUT2D eigenvalue weighted by Gasteiger charge is 2.41. The molecule has 0 saturated carbocycles. The summed E-state index contributed by atoms with van der Waals surface area (Å²) in [5, 5.41) is 6.79. The lowest BCUT2D eigenvalue weighted by atomic mass is 9.96. The van der Waals surface area contributed by atoms with Crippen molar-refractivity contribution in [3.8, 4) is 5.75 Å². The second-order valence-corrected chi connectivity index (χ2v) is 7.59. The summed E-state index contributed by atoms with van der Waals surface area (Å²) in [7, 11) is 0. The van der Waals surface area contributed by atoms with Gasteiger partial charge in [-0.25, -0.2) is 13.8 Å². The van der Waals surface area contributed by atoms with Crippen LogP contribution < -0.4 is 20.8 Å². The van der Waals surface area contributed by atoms with Gasteiger partial charge in [0.15, 0.2) is 5.82 Å². The number of amidine groups is 1. The maximum atomic E-state index is 14.0. The summed E-state index contributed by atoms with van der Waals surface area (Å²) in [6.07, 6.45) is 0.683. The zero-order chi connectivity index (χ0) is 21.5. The van der Waals surface area contributed by atoms with Crippen molar-refractivity contribution < 1.29 is 23.1 Å². The van der Waals surface area contributed by atoms with Crippen molar-refractivity contribution in [2.45, 2.75) is 24.5 Å². The number of amides is 2. The van der Waals surface area contributed by atoms with Gasteiger partial charge in [0.05, 0.1) is 0 Å². The Hall–Kier alpha value is -3.53. The van der Waals surface area contributed by atoms with Crippen LogP contribution in [0.15, 0.2) is 47.5 Å². The first-order valence-electron chi connectivity index (χ1n) is 9.89. The van der Waals surface area contributed by atoms with E-state index in [2.05, 4.69) is 21.1 Å². The molecule has 2 aromatic carbocycles. The fourth-order valence-corrected chi connectivity index (χ4v) is 4.08. The molecule has 3 heterocycles. The van der Waals surface area contributed by atoms with Gasteiger partial charge in [-0.15, -0.1) is 0 Å².